The number of pyridine rings is 1. The highest BCUT2D eigenvalue weighted by molar-refractivity contribution is 9.10. The van der Waals surface area contributed by atoms with Crippen LogP contribution in [0.3, 0.4) is 0 Å². The lowest BCUT2D eigenvalue weighted by atomic mass is 10.0. The van der Waals surface area contributed by atoms with Crippen molar-refractivity contribution in [3.05, 3.63) is 58.3 Å². The average Bonchev–Trinajstić information content (AvgIpc) is 2.93. The number of nitrogens with one attached hydrogen (secondary N) is 1. The number of halogens is 1. The molecular formula is C17H19BrN2S. The Hall–Kier alpha value is -0.840. The highest BCUT2D eigenvalue weighted by atomic mass is 79.9. The van der Waals surface area contributed by atoms with Gasteiger partial charge in [-0.15, -0.1) is 11.8 Å². The van der Waals surface area contributed by atoms with E-state index < -0.39 is 0 Å². The van der Waals surface area contributed by atoms with E-state index in [4.69, 9.17) is 0 Å². The fourth-order valence-corrected chi connectivity index (χ4v) is 4.42. The zero-order valence-electron chi connectivity index (χ0n) is 12.1. The van der Waals surface area contributed by atoms with Gasteiger partial charge in [-0.1, -0.05) is 25.1 Å². The number of benzene rings is 1. The first-order valence-corrected chi connectivity index (χ1v) is 9.02. The number of likely N-dealkylation sites (N-methyl/N-ethyl adjacent to an activating group) is 1. The summed E-state index contributed by atoms with van der Waals surface area (Å²) in [6.45, 7) is 3.17. The number of nitrogens with zero attached hydrogens (tertiary/aromatic N) is 1. The van der Waals surface area contributed by atoms with Crippen molar-refractivity contribution >= 4 is 27.7 Å². The van der Waals surface area contributed by atoms with Crippen LogP contribution in [0.2, 0.25) is 0 Å². The van der Waals surface area contributed by atoms with Gasteiger partial charge in [0.1, 0.15) is 0 Å². The Labute approximate surface area is 138 Å². The van der Waals surface area contributed by atoms with Gasteiger partial charge in [0.2, 0.25) is 0 Å². The molecule has 110 valence electrons. The largest absolute Gasteiger partial charge is 0.313 e. The Morgan fingerprint density at radius 2 is 2.19 bits per heavy atom. The van der Waals surface area contributed by atoms with Crippen molar-refractivity contribution in [3.63, 3.8) is 0 Å². The van der Waals surface area contributed by atoms with Gasteiger partial charge in [0.15, 0.2) is 0 Å². The molecule has 1 aromatic heterocycles. The van der Waals surface area contributed by atoms with Gasteiger partial charge in [-0.25, -0.2) is 0 Å². The van der Waals surface area contributed by atoms with Crippen molar-refractivity contribution in [3.8, 4) is 0 Å². The quantitative estimate of drug-likeness (QED) is 0.867. The zero-order valence-corrected chi connectivity index (χ0v) is 14.5. The summed E-state index contributed by atoms with van der Waals surface area (Å²) < 4.78 is 1.04. The van der Waals surface area contributed by atoms with Crippen LogP contribution in [0.1, 0.15) is 18.2 Å². The van der Waals surface area contributed by atoms with Crippen LogP contribution in [-0.2, 0) is 12.8 Å². The Bertz CT molecular complexity index is 575. The molecule has 2 atom stereocenters. The lowest BCUT2D eigenvalue weighted by Gasteiger charge is -2.23. The van der Waals surface area contributed by atoms with Crippen molar-refractivity contribution < 1.29 is 0 Å². The molecule has 3 rings (SSSR count). The van der Waals surface area contributed by atoms with Gasteiger partial charge >= 0.3 is 0 Å². The molecule has 1 N–H and O–H groups in total. The van der Waals surface area contributed by atoms with Crippen LogP contribution in [-0.4, -0.2) is 22.8 Å². The minimum atomic E-state index is 0.459. The van der Waals surface area contributed by atoms with E-state index >= 15 is 0 Å². The van der Waals surface area contributed by atoms with Gasteiger partial charge in [-0.05, 0) is 52.7 Å². The number of thioether (sulfide) groups is 1. The minimum Gasteiger partial charge on any atom is -0.313 e. The smallest absolute Gasteiger partial charge is 0.0420 e. The number of fused-ring (bicyclic) bond motifs is 1. The van der Waals surface area contributed by atoms with Crippen molar-refractivity contribution in [2.45, 2.75) is 36.0 Å². The van der Waals surface area contributed by atoms with Crippen molar-refractivity contribution in [2.75, 3.05) is 6.54 Å². The lowest BCUT2D eigenvalue weighted by Crippen LogP contribution is -2.40. The van der Waals surface area contributed by atoms with Crippen molar-refractivity contribution in [1.29, 1.82) is 0 Å². The topological polar surface area (TPSA) is 24.9 Å². The molecular weight excluding hydrogens is 344 g/mol. The molecule has 1 aliphatic heterocycles. The van der Waals surface area contributed by atoms with Gasteiger partial charge in [-0.2, -0.15) is 0 Å². The molecule has 4 heteroatoms. The number of aromatic nitrogens is 1. The molecule has 0 spiro atoms. The number of hydrogen-bond donors (Lipinski definition) is 1. The third-order valence-corrected chi connectivity index (χ3v) is 5.72. The van der Waals surface area contributed by atoms with E-state index in [0.29, 0.717) is 11.3 Å². The monoisotopic (exact) mass is 362 g/mol. The molecule has 2 heterocycles. The third kappa shape index (κ3) is 3.68. The van der Waals surface area contributed by atoms with Crippen LogP contribution in [0.4, 0.5) is 0 Å². The summed E-state index contributed by atoms with van der Waals surface area (Å²) in [6, 6.07) is 13.4. The summed E-state index contributed by atoms with van der Waals surface area (Å²) in [5.74, 6) is 0. The summed E-state index contributed by atoms with van der Waals surface area (Å²) in [6.07, 6.45) is 4.01. The fraction of sp³-hybridized carbons (Fsp3) is 0.353. The number of hydrogen-bond acceptors (Lipinski definition) is 3. The molecule has 21 heavy (non-hydrogen) atoms. The van der Waals surface area contributed by atoms with Crippen LogP contribution in [0.5, 0.6) is 0 Å². The fourth-order valence-electron chi connectivity index (χ4n) is 2.78. The standard InChI is InChI=1S/C17H19BrN2S/c1-2-19-15(10-14-8-7-13(18)11-20-14)17-9-12-5-3-4-6-16(12)21-17/h3-8,11,15,17,19H,2,9-10H2,1H3. The molecule has 1 aliphatic rings. The van der Waals surface area contributed by atoms with Crippen LogP contribution in [0.25, 0.3) is 0 Å². The van der Waals surface area contributed by atoms with E-state index in [1.54, 1.807) is 0 Å². The van der Waals surface area contributed by atoms with Crippen LogP contribution < -0.4 is 5.32 Å². The highest BCUT2D eigenvalue weighted by Gasteiger charge is 2.29. The number of rotatable bonds is 5. The molecule has 0 aliphatic carbocycles. The van der Waals surface area contributed by atoms with Gasteiger partial charge in [0, 0.05) is 39.0 Å². The van der Waals surface area contributed by atoms with Gasteiger partial charge in [-0.3, -0.25) is 4.98 Å². The van der Waals surface area contributed by atoms with E-state index in [9.17, 15) is 0 Å². The predicted molar refractivity (Wildman–Crippen MR) is 92.9 cm³/mol. The molecule has 0 fully saturated rings. The Morgan fingerprint density at radius 1 is 1.33 bits per heavy atom. The third-order valence-electron chi connectivity index (χ3n) is 3.80. The zero-order chi connectivity index (χ0) is 14.7. The van der Waals surface area contributed by atoms with E-state index in [2.05, 4.69) is 69.6 Å². The summed E-state index contributed by atoms with van der Waals surface area (Å²) in [7, 11) is 0. The molecule has 0 saturated heterocycles. The lowest BCUT2D eigenvalue weighted by molar-refractivity contribution is 0.501. The maximum absolute atomic E-state index is 4.52. The molecule has 1 aromatic carbocycles. The first-order chi connectivity index (χ1) is 10.3. The Morgan fingerprint density at radius 3 is 2.90 bits per heavy atom. The highest BCUT2D eigenvalue weighted by Crippen LogP contribution is 2.38. The van der Waals surface area contributed by atoms with Crippen LogP contribution in [0.15, 0.2) is 52.0 Å². The SMILES string of the molecule is CCNC(Cc1ccc(Br)cn1)C1Cc2ccccc2S1. The van der Waals surface area contributed by atoms with E-state index in [0.717, 1.165) is 29.6 Å². The molecule has 0 radical (unpaired) electrons. The molecule has 0 amide bonds. The van der Waals surface area contributed by atoms with Crippen LogP contribution in [0, 0.1) is 0 Å². The summed E-state index contributed by atoms with van der Waals surface area (Å²) in [5.41, 5.74) is 2.64. The summed E-state index contributed by atoms with van der Waals surface area (Å²) in [4.78, 5) is 5.96. The Balaban J connectivity index is 1.72. The molecule has 0 saturated carbocycles. The molecule has 2 nitrogen and oxygen atoms in total. The maximum Gasteiger partial charge on any atom is 0.0420 e. The molecule has 2 aromatic rings. The van der Waals surface area contributed by atoms with E-state index in [1.165, 1.54) is 10.5 Å². The van der Waals surface area contributed by atoms with E-state index in [-0.39, 0.29) is 0 Å². The van der Waals surface area contributed by atoms with Gasteiger partial charge < -0.3 is 5.32 Å². The minimum absolute atomic E-state index is 0.459. The van der Waals surface area contributed by atoms with Gasteiger partial charge in [0.05, 0.1) is 0 Å². The normalized spacial score (nSPS) is 18.5. The molecule has 2 unspecified atom stereocenters. The second-order valence-corrected chi connectivity index (χ2v) is 7.50. The van der Waals surface area contributed by atoms with Crippen molar-refractivity contribution in [2.24, 2.45) is 0 Å². The molecule has 0 bridgehead atoms. The first-order valence-electron chi connectivity index (χ1n) is 7.34. The van der Waals surface area contributed by atoms with E-state index in [1.807, 2.05) is 18.0 Å². The summed E-state index contributed by atoms with van der Waals surface area (Å²) >= 11 is 5.45. The van der Waals surface area contributed by atoms with Crippen LogP contribution >= 0.6 is 27.7 Å². The second-order valence-electron chi connectivity index (χ2n) is 5.30. The summed E-state index contributed by atoms with van der Waals surface area (Å²) in [5, 5.41) is 4.24. The van der Waals surface area contributed by atoms with Gasteiger partial charge in [0.25, 0.3) is 0 Å². The first kappa shape index (κ1) is 15.1. The average molecular weight is 363 g/mol. The Kier molecular flexibility index (Phi) is 4.99. The second kappa shape index (κ2) is 6.95. The predicted octanol–water partition coefficient (Wildman–Crippen LogP) is 4.08. The van der Waals surface area contributed by atoms with Crippen molar-refractivity contribution in [1.82, 2.24) is 10.3 Å². The maximum atomic E-state index is 4.52.